The summed E-state index contributed by atoms with van der Waals surface area (Å²) in [5.74, 6) is 1.88. The van der Waals surface area contributed by atoms with E-state index in [2.05, 4.69) is 71.0 Å². The first-order valence-corrected chi connectivity index (χ1v) is 10.7. The highest BCUT2D eigenvalue weighted by Gasteiger charge is 2.34. The molecule has 0 saturated heterocycles. The van der Waals surface area contributed by atoms with Crippen LogP contribution in [0.15, 0.2) is 60.7 Å². The standard InChI is InChI=1S/C16H25ClO2.C9H13N.H2O/c1-13(2)10-16(19-17,11-14(3)4)12-18-15-8-6-5-7-9-15;1-10(2)8-9-6-4-3-5-7-9;/h5-9,13-14H,10-12H2,1-4H3;3-7H,8H2,1-2H3;1H2. The van der Waals surface area contributed by atoms with Gasteiger partial charge in [0.25, 0.3) is 0 Å². The van der Waals surface area contributed by atoms with E-state index in [0.29, 0.717) is 18.4 Å². The van der Waals surface area contributed by atoms with Gasteiger partial charge in [-0.1, -0.05) is 76.2 Å². The van der Waals surface area contributed by atoms with Gasteiger partial charge < -0.3 is 15.1 Å². The molecule has 30 heavy (non-hydrogen) atoms. The van der Waals surface area contributed by atoms with E-state index in [9.17, 15) is 0 Å². The molecular formula is C25H40ClNO3. The predicted molar refractivity (Wildman–Crippen MR) is 128 cm³/mol. The molecule has 0 atom stereocenters. The van der Waals surface area contributed by atoms with Crippen LogP contribution >= 0.6 is 11.9 Å². The zero-order chi connectivity index (χ0) is 21.7. The van der Waals surface area contributed by atoms with Crippen LogP contribution in [0.3, 0.4) is 0 Å². The van der Waals surface area contributed by atoms with Crippen molar-refractivity contribution in [2.24, 2.45) is 11.8 Å². The molecule has 0 aliphatic carbocycles. The van der Waals surface area contributed by atoms with E-state index in [0.717, 1.165) is 25.1 Å². The number of hydrogen-bond acceptors (Lipinski definition) is 3. The number of halogens is 1. The molecule has 2 rings (SSSR count). The molecule has 170 valence electrons. The van der Waals surface area contributed by atoms with Gasteiger partial charge >= 0.3 is 0 Å². The predicted octanol–water partition coefficient (Wildman–Crippen LogP) is 5.99. The van der Waals surface area contributed by atoms with E-state index < -0.39 is 5.60 Å². The molecule has 0 amide bonds. The number of rotatable bonds is 10. The molecule has 0 saturated carbocycles. The summed E-state index contributed by atoms with van der Waals surface area (Å²) in [6.45, 7) is 10.2. The zero-order valence-electron chi connectivity index (χ0n) is 19.4. The number of hydrogen-bond donors (Lipinski definition) is 0. The van der Waals surface area contributed by atoms with Gasteiger partial charge in [-0.15, -0.1) is 0 Å². The summed E-state index contributed by atoms with van der Waals surface area (Å²) in [7, 11) is 4.15. The number of nitrogens with zero attached hydrogens (tertiary/aromatic N) is 1. The normalized spacial score (nSPS) is 11.1. The SMILES string of the molecule is CC(C)CC(COc1ccccc1)(CC(C)C)OCl.CN(C)Cc1ccccc1.O. The van der Waals surface area contributed by atoms with E-state index >= 15 is 0 Å². The van der Waals surface area contributed by atoms with Gasteiger partial charge in [-0.3, -0.25) is 4.29 Å². The molecule has 4 nitrogen and oxygen atoms in total. The summed E-state index contributed by atoms with van der Waals surface area (Å²) in [6, 6.07) is 20.2. The minimum absolute atomic E-state index is 0. The van der Waals surface area contributed by atoms with Gasteiger partial charge in [0.05, 0.1) is 11.9 Å². The lowest BCUT2D eigenvalue weighted by Crippen LogP contribution is -2.39. The fourth-order valence-corrected chi connectivity index (χ4v) is 3.63. The van der Waals surface area contributed by atoms with Crippen molar-refractivity contribution in [3.05, 3.63) is 66.2 Å². The average Bonchev–Trinajstić information content (AvgIpc) is 2.67. The smallest absolute Gasteiger partial charge is 0.124 e. The van der Waals surface area contributed by atoms with E-state index in [-0.39, 0.29) is 5.48 Å². The maximum Gasteiger partial charge on any atom is 0.124 e. The molecule has 0 fully saturated rings. The Balaban J connectivity index is 0.000000646. The lowest BCUT2D eigenvalue weighted by Gasteiger charge is -2.33. The fourth-order valence-electron chi connectivity index (χ4n) is 3.45. The Morgan fingerprint density at radius 2 is 1.30 bits per heavy atom. The van der Waals surface area contributed by atoms with Gasteiger partial charge in [0.15, 0.2) is 0 Å². The molecule has 0 unspecified atom stereocenters. The summed E-state index contributed by atoms with van der Waals surface area (Å²) in [6.07, 6.45) is 1.78. The van der Waals surface area contributed by atoms with Crippen LogP contribution in [0.1, 0.15) is 46.1 Å². The van der Waals surface area contributed by atoms with E-state index in [1.165, 1.54) is 5.56 Å². The van der Waals surface area contributed by atoms with Crippen molar-refractivity contribution in [1.82, 2.24) is 4.90 Å². The summed E-state index contributed by atoms with van der Waals surface area (Å²) in [5.41, 5.74) is 0.951. The Bertz CT molecular complexity index is 638. The van der Waals surface area contributed by atoms with Crippen molar-refractivity contribution in [1.29, 1.82) is 0 Å². The molecule has 0 aromatic heterocycles. The van der Waals surface area contributed by atoms with Crippen LogP contribution in [0, 0.1) is 11.8 Å². The Kier molecular flexibility index (Phi) is 14.4. The van der Waals surface area contributed by atoms with E-state index in [1.807, 2.05) is 36.4 Å². The van der Waals surface area contributed by atoms with Gasteiger partial charge in [-0.2, -0.15) is 0 Å². The second-order valence-electron chi connectivity index (χ2n) is 8.78. The maximum atomic E-state index is 5.85. The Labute approximate surface area is 188 Å². The lowest BCUT2D eigenvalue weighted by molar-refractivity contribution is -0.00746. The second kappa shape index (κ2) is 15.2. The van der Waals surface area contributed by atoms with Gasteiger partial charge in [0, 0.05) is 6.54 Å². The van der Waals surface area contributed by atoms with Crippen molar-refractivity contribution >= 4 is 11.9 Å². The highest BCUT2D eigenvalue weighted by molar-refractivity contribution is 6.07. The van der Waals surface area contributed by atoms with E-state index in [4.69, 9.17) is 20.9 Å². The van der Waals surface area contributed by atoms with Gasteiger partial charge in [-0.25, -0.2) is 0 Å². The van der Waals surface area contributed by atoms with Crippen LogP contribution in [0.5, 0.6) is 5.75 Å². The summed E-state index contributed by atoms with van der Waals surface area (Å²) >= 11 is 5.80. The summed E-state index contributed by atoms with van der Waals surface area (Å²) in [5, 5.41) is 0. The van der Waals surface area contributed by atoms with Crippen LogP contribution in [0.2, 0.25) is 0 Å². The van der Waals surface area contributed by atoms with Crippen LogP contribution in [0.4, 0.5) is 0 Å². The lowest BCUT2D eigenvalue weighted by atomic mass is 9.85. The third-order valence-electron chi connectivity index (χ3n) is 4.31. The van der Waals surface area contributed by atoms with Crippen LogP contribution < -0.4 is 4.74 Å². The van der Waals surface area contributed by atoms with Gasteiger partial charge in [0.2, 0.25) is 0 Å². The van der Waals surface area contributed by atoms with Gasteiger partial charge in [-0.05, 0) is 56.5 Å². The average molecular weight is 438 g/mol. The molecule has 0 aliphatic heterocycles. The van der Waals surface area contributed by atoms with Crippen LogP contribution in [0.25, 0.3) is 0 Å². The Morgan fingerprint density at radius 1 is 0.833 bits per heavy atom. The summed E-state index contributed by atoms with van der Waals surface area (Å²) < 4.78 is 11.2. The monoisotopic (exact) mass is 437 g/mol. The Hall–Kier alpha value is -1.59. The molecule has 2 aromatic rings. The van der Waals surface area contributed by atoms with Crippen molar-refractivity contribution in [2.45, 2.75) is 52.7 Å². The number of para-hydroxylation sites is 1. The molecule has 2 aromatic carbocycles. The van der Waals surface area contributed by atoms with Crippen molar-refractivity contribution in [3.63, 3.8) is 0 Å². The van der Waals surface area contributed by atoms with Crippen molar-refractivity contribution in [3.8, 4) is 5.75 Å². The number of ether oxygens (including phenoxy) is 1. The first kappa shape index (κ1) is 28.4. The summed E-state index contributed by atoms with van der Waals surface area (Å²) in [4.78, 5) is 2.16. The van der Waals surface area contributed by atoms with E-state index in [1.54, 1.807) is 0 Å². The molecule has 5 heteroatoms. The molecule has 0 spiro atoms. The minimum atomic E-state index is -0.417. The molecule has 0 bridgehead atoms. The van der Waals surface area contributed by atoms with Crippen LogP contribution in [-0.4, -0.2) is 36.7 Å². The number of benzene rings is 2. The molecule has 0 heterocycles. The third-order valence-corrected chi connectivity index (χ3v) is 4.64. The Morgan fingerprint density at radius 3 is 1.70 bits per heavy atom. The molecule has 0 aliphatic rings. The molecule has 0 radical (unpaired) electrons. The fraction of sp³-hybridized carbons (Fsp3) is 0.520. The quantitative estimate of drug-likeness (QED) is 0.458. The first-order chi connectivity index (χ1) is 13.8. The second-order valence-corrected chi connectivity index (χ2v) is 8.94. The first-order valence-electron chi connectivity index (χ1n) is 10.4. The molecule has 2 N–H and O–H groups in total. The maximum absolute atomic E-state index is 5.85. The van der Waals surface area contributed by atoms with Gasteiger partial charge in [0.1, 0.15) is 18.0 Å². The van der Waals surface area contributed by atoms with Crippen LogP contribution in [-0.2, 0) is 10.8 Å². The van der Waals surface area contributed by atoms with Crippen molar-refractivity contribution < 1.29 is 14.5 Å². The zero-order valence-corrected chi connectivity index (χ0v) is 20.2. The van der Waals surface area contributed by atoms with Crippen molar-refractivity contribution in [2.75, 3.05) is 20.7 Å². The minimum Gasteiger partial charge on any atom is -0.491 e. The third kappa shape index (κ3) is 12.2. The molecular weight excluding hydrogens is 398 g/mol. The highest BCUT2D eigenvalue weighted by atomic mass is 35.5. The highest BCUT2D eigenvalue weighted by Crippen LogP contribution is 2.31. The largest absolute Gasteiger partial charge is 0.491 e. The topological polar surface area (TPSA) is 53.2 Å².